The molecule has 5 aromatic rings. The third-order valence-corrected chi connectivity index (χ3v) is 5.73. The van der Waals surface area contributed by atoms with E-state index in [1.807, 2.05) is 36.4 Å². The molecule has 0 bridgehead atoms. The number of rotatable bonds is 6. The van der Waals surface area contributed by atoms with Crippen molar-refractivity contribution < 1.29 is 9.53 Å². The Morgan fingerprint density at radius 2 is 1.83 bits per heavy atom. The summed E-state index contributed by atoms with van der Waals surface area (Å²) in [4.78, 5) is 16.7. The number of hydrogen-bond acceptors (Lipinski definition) is 6. The molecule has 1 unspecified atom stereocenters. The standard InChI is InChI=1S/C25H18Cl2N6O2/c1-15(35-22-10-6-18(26)13-20(22)27)25(34)29-19-7-4-16(5-8-19)21-9-11-23-30-31-24(33(23)32-21)17-3-2-12-28-14-17/h2-15H,1H3,(H,29,34). The highest BCUT2D eigenvalue weighted by molar-refractivity contribution is 6.35. The van der Waals surface area contributed by atoms with E-state index in [-0.39, 0.29) is 5.91 Å². The van der Waals surface area contributed by atoms with Crippen LogP contribution < -0.4 is 10.1 Å². The van der Waals surface area contributed by atoms with Crippen molar-refractivity contribution in [3.05, 3.63) is 89.2 Å². The molecule has 0 spiro atoms. The molecule has 0 aliphatic carbocycles. The Morgan fingerprint density at radius 1 is 1.00 bits per heavy atom. The van der Waals surface area contributed by atoms with E-state index >= 15 is 0 Å². The second-order valence-corrected chi connectivity index (χ2v) is 8.50. The first-order valence-electron chi connectivity index (χ1n) is 10.6. The Hall–Kier alpha value is -4.01. The predicted molar refractivity (Wildman–Crippen MR) is 135 cm³/mol. The second kappa shape index (κ2) is 9.69. The van der Waals surface area contributed by atoms with Gasteiger partial charge in [0.2, 0.25) is 0 Å². The summed E-state index contributed by atoms with van der Waals surface area (Å²) in [6.07, 6.45) is 2.65. The number of nitrogens with one attached hydrogen (secondary N) is 1. The average molecular weight is 505 g/mol. The number of pyridine rings is 1. The Morgan fingerprint density at radius 3 is 2.57 bits per heavy atom. The lowest BCUT2D eigenvalue weighted by Gasteiger charge is -2.16. The first kappa shape index (κ1) is 22.8. The van der Waals surface area contributed by atoms with Crippen LogP contribution in [0.4, 0.5) is 5.69 Å². The lowest BCUT2D eigenvalue weighted by molar-refractivity contribution is -0.122. The number of fused-ring (bicyclic) bond motifs is 1. The normalized spacial score (nSPS) is 11.9. The van der Waals surface area contributed by atoms with Gasteiger partial charge in [-0.25, -0.2) is 0 Å². The maximum atomic E-state index is 12.6. The zero-order chi connectivity index (χ0) is 24.4. The van der Waals surface area contributed by atoms with Crippen molar-refractivity contribution in [2.24, 2.45) is 0 Å². The molecule has 0 fully saturated rings. The number of nitrogens with zero attached hydrogens (tertiary/aromatic N) is 5. The fourth-order valence-corrected chi connectivity index (χ4v) is 3.85. The Labute approximate surface area is 210 Å². The molecule has 3 aromatic heterocycles. The monoisotopic (exact) mass is 504 g/mol. The van der Waals surface area contributed by atoms with Gasteiger partial charge in [-0.2, -0.15) is 9.61 Å². The van der Waals surface area contributed by atoms with Gasteiger partial charge in [0, 0.05) is 34.2 Å². The summed E-state index contributed by atoms with van der Waals surface area (Å²) in [5.74, 6) is 0.678. The average Bonchev–Trinajstić information content (AvgIpc) is 3.30. The first-order chi connectivity index (χ1) is 17.0. The summed E-state index contributed by atoms with van der Waals surface area (Å²) >= 11 is 12.0. The van der Waals surface area contributed by atoms with E-state index in [9.17, 15) is 4.79 Å². The highest BCUT2D eigenvalue weighted by Gasteiger charge is 2.17. The highest BCUT2D eigenvalue weighted by atomic mass is 35.5. The summed E-state index contributed by atoms with van der Waals surface area (Å²) in [5, 5.41) is 16.8. The van der Waals surface area contributed by atoms with E-state index in [1.54, 1.807) is 54.2 Å². The minimum Gasteiger partial charge on any atom is -0.479 e. The van der Waals surface area contributed by atoms with Gasteiger partial charge in [-0.3, -0.25) is 9.78 Å². The van der Waals surface area contributed by atoms with E-state index in [1.165, 1.54) is 0 Å². The first-order valence-corrected chi connectivity index (χ1v) is 11.4. The van der Waals surface area contributed by atoms with Crippen molar-refractivity contribution >= 4 is 40.4 Å². The largest absolute Gasteiger partial charge is 0.479 e. The van der Waals surface area contributed by atoms with Crippen molar-refractivity contribution in [3.8, 4) is 28.4 Å². The summed E-state index contributed by atoms with van der Waals surface area (Å²) in [6.45, 7) is 1.65. The van der Waals surface area contributed by atoms with Gasteiger partial charge in [0.25, 0.3) is 5.91 Å². The molecular formula is C25H18Cl2N6O2. The molecule has 0 aliphatic rings. The summed E-state index contributed by atoms with van der Waals surface area (Å²) < 4.78 is 7.36. The number of benzene rings is 2. The van der Waals surface area contributed by atoms with Gasteiger partial charge in [0.1, 0.15) is 5.75 Å². The third-order valence-electron chi connectivity index (χ3n) is 5.20. The molecule has 10 heteroatoms. The number of halogens is 2. The highest BCUT2D eigenvalue weighted by Crippen LogP contribution is 2.28. The van der Waals surface area contributed by atoms with Crippen molar-refractivity contribution in [2.45, 2.75) is 13.0 Å². The number of amides is 1. The molecule has 174 valence electrons. The van der Waals surface area contributed by atoms with Crippen LogP contribution >= 0.6 is 23.2 Å². The number of carbonyl (C=O) groups excluding carboxylic acids is 1. The molecule has 0 aliphatic heterocycles. The molecule has 1 amide bonds. The fourth-order valence-electron chi connectivity index (χ4n) is 3.40. The van der Waals surface area contributed by atoms with E-state index in [0.717, 1.165) is 16.8 Å². The number of anilines is 1. The number of ether oxygens (including phenoxy) is 1. The molecule has 5 rings (SSSR count). The fraction of sp³-hybridized carbons (Fsp3) is 0.0800. The zero-order valence-electron chi connectivity index (χ0n) is 18.4. The predicted octanol–water partition coefficient (Wildman–Crippen LogP) is 5.57. The van der Waals surface area contributed by atoms with Gasteiger partial charge in [-0.15, -0.1) is 10.2 Å². The number of carbonyl (C=O) groups is 1. The number of aromatic nitrogens is 5. The maximum Gasteiger partial charge on any atom is 0.265 e. The molecule has 0 saturated heterocycles. The minimum absolute atomic E-state index is 0.311. The Balaban J connectivity index is 1.31. The number of hydrogen-bond donors (Lipinski definition) is 1. The smallest absolute Gasteiger partial charge is 0.265 e. The van der Waals surface area contributed by atoms with E-state index in [0.29, 0.717) is 33.0 Å². The van der Waals surface area contributed by atoms with Crippen LogP contribution in [0.15, 0.2) is 79.1 Å². The summed E-state index contributed by atoms with van der Waals surface area (Å²) in [5.41, 5.74) is 3.67. The van der Waals surface area contributed by atoms with Crippen molar-refractivity contribution in [3.63, 3.8) is 0 Å². The van der Waals surface area contributed by atoms with Crippen LogP contribution in [0, 0.1) is 0 Å². The molecule has 1 atom stereocenters. The van der Waals surface area contributed by atoms with Crippen LogP contribution in [0.2, 0.25) is 10.0 Å². The van der Waals surface area contributed by atoms with Crippen molar-refractivity contribution in [2.75, 3.05) is 5.32 Å². The van der Waals surface area contributed by atoms with E-state index < -0.39 is 6.10 Å². The van der Waals surface area contributed by atoms with Crippen LogP contribution in [0.25, 0.3) is 28.3 Å². The summed E-state index contributed by atoms with van der Waals surface area (Å²) in [6, 6.07) is 19.7. The molecule has 0 radical (unpaired) electrons. The van der Waals surface area contributed by atoms with E-state index in [2.05, 4.69) is 20.5 Å². The topological polar surface area (TPSA) is 94.3 Å². The maximum absolute atomic E-state index is 12.6. The molecule has 8 nitrogen and oxygen atoms in total. The molecule has 35 heavy (non-hydrogen) atoms. The molecule has 2 aromatic carbocycles. The minimum atomic E-state index is -0.767. The van der Waals surface area contributed by atoms with Crippen LogP contribution in [-0.2, 0) is 4.79 Å². The van der Waals surface area contributed by atoms with Gasteiger partial charge < -0.3 is 10.1 Å². The van der Waals surface area contributed by atoms with Gasteiger partial charge >= 0.3 is 0 Å². The lowest BCUT2D eigenvalue weighted by atomic mass is 10.1. The van der Waals surface area contributed by atoms with Crippen LogP contribution in [0.1, 0.15) is 6.92 Å². The Kier molecular flexibility index (Phi) is 6.31. The van der Waals surface area contributed by atoms with Gasteiger partial charge in [0.05, 0.1) is 10.7 Å². The molecule has 1 N–H and O–H groups in total. The van der Waals surface area contributed by atoms with Gasteiger partial charge in [-0.05, 0) is 61.5 Å². The lowest BCUT2D eigenvalue weighted by Crippen LogP contribution is -2.30. The van der Waals surface area contributed by atoms with Crippen LogP contribution in [0.5, 0.6) is 5.75 Å². The van der Waals surface area contributed by atoms with Gasteiger partial charge in [0.15, 0.2) is 17.6 Å². The summed E-state index contributed by atoms with van der Waals surface area (Å²) in [7, 11) is 0. The van der Waals surface area contributed by atoms with Crippen LogP contribution in [0.3, 0.4) is 0 Å². The molecule has 0 saturated carbocycles. The zero-order valence-corrected chi connectivity index (χ0v) is 19.9. The SMILES string of the molecule is CC(Oc1ccc(Cl)cc1Cl)C(=O)Nc1ccc(-c2ccc3nnc(-c4cccnc4)n3n2)cc1. The molecule has 3 heterocycles. The van der Waals surface area contributed by atoms with Crippen molar-refractivity contribution in [1.29, 1.82) is 0 Å². The second-order valence-electron chi connectivity index (χ2n) is 7.66. The van der Waals surface area contributed by atoms with Crippen LogP contribution in [-0.4, -0.2) is 36.8 Å². The van der Waals surface area contributed by atoms with Crippen molar-refractivity contribution in [1.82, 2.24) is 24.8 Å². The molecular weight excluding hydrogens is 487 g/mol. The van der Waals surface area contributed by atoms with Gasteiger partial charge in [-0.1, -0.05) is 35.3 Å². The quantitative estimate of drug-likeness (QED) is 0.325. The van der Waals surface area contributed by atoms with E-state index in [4.69, 9.17) is 33.0 Å². The Bertz CT molecular complexity index is 1510. The third kappa shape index (κ3) is 4.94.